The third kappa shape index (κ3) is 23.5. The summed E-state index contributed by atoms with van der Waals surface area (Å²) in [4.78, 5) is 56.4. The van der Waals surface area contributed by atoms with Crippen molar-refractivity contribution in [3.8, 4) is 0 Å². The summed E-state index contributed by atoms with van der Waals surface area (Å²) in [6, 6.07) is 57.6. The lowest BCUT2D eigenvalue weighted by atomic mass is 9.90. The molecule has 3 aliphatic heterocycles. The fourth-order valence-corrected chi connectivity index (χ4v) is 11.9. The van der Waals surface area contributed by atoms with Gasteiger partial charge >= 0.3 is 23.9 Å². The molecular weight excluding hydrogens is 1300 g/mol. The van der Waals surface area contributed by atoms with Crippen LogP contribution in [-0.4, -0.2) is 136 Å². The number of rotatable bonds is 34. The molecule has 0 spiro atoms. The molecule has 0 amide bonds. The summed E-state index contributed by atoms with van der Waals surface area (Å²) in [5.41, 5.74) is 2.01. The Morgan fingerprint density at radius 3 is 0.912 bits per heavy atom. The van der Waals surface area contributed by atoms with E-state index < -0.39 is 132 Å². The average molecular weight is 1410 g/mol. The van der Waals surface area contributed by atoms with Crippen LogP contribution in [0.15, 0.2) is 195 Å². The van der Waals surface area contributed by atoms with Gasteiger partial charge in [-0.25, -0.2) is 0 Å². The highest BCUT2D eigenvalue weighted by Gasteiger charge is 2.56. The summed E-state index contributed by atoms with van der Waals surface area (Å²) < 4.78 is 103. The van der Waals surface area contributed by atoms with Crippen LogP contribution >= 0.6 is 0 Å². The quantitative estimate of drug-likeness (QED) is 0.0159. The second kappa shape index (κ2) is 38.3. The summed E-state index contributed by atoms with van der Waals surface area (Å²) in [7, 11) is 0. The van der Waals surface area contributed by atoms with Gasteiger partial charge in [0.25, 0.3) is 0 Å². The number of hydrogen-bond donors (Lipinski definition) is 0. The maximum atomic E-state index is 14.8. The predicted octanol–water partition coefficient (Wildman–Crippen LogP) is 13.9. The van der Waals surface area contributed by atoms with E-state index in [1.807, 2.05) is 188 Å². The monoisotopic (exact) mass is 1400 g/mol. The lowest BCUT2D eigenvalue weighted by molar-refractivity contribution is -0.351. The van der Waals surface area contributed by atoms with Crippen LogP contribution < -0.4 is 0 Å². The van der Waals surface area contributed by atoms with Gasteiger partial charge in [0, 0.05) is 6.92 Å². The van der Waals surface area contributed by atoms with Crippen molar-refractivity contribution >= 4 is 23.9 Å². The predicted molar refractivity (Wildman–Crippen MR) is 381 cm³/mol. The molecule has 19 heteroatoms. The van der Waals surface area contributed by atoms with E-state index in [1.165, 1.54) is 6.92 Å². The molecule has 3 saturated heterocycles. The number of carbonyl (C=O) groups excluding carboxylic acids is 4. The Bertz CT molecular complexity index is 3470. The molecule has 3 fully saturated rings. The Morgan fingerprint density at radius 1 is 0.343 bits per heavy atom. The van der Waals surface area contributed by atoms with Crippen molar-refractivity contribution < 1.29 is 90.2 Å². The van der Waals surface area contributed by atoms with Crippen molar-refractivity contribution in [3.05, 3.63) is 228 Å². The first-order valence-corrected chi connectivity index (χ1v) is 35.5. The van der Waals surface area contributed by atoms with E-state index in [9.17, 15) is 19.2 Å². The highest BCUT2D eigenvalue weighted by atomic mass is 16.8. The number of benzene rings is 6. The van der Waals surface area contributed by atoms with Crippen molar-refractivity contribution in [1.29, 1.82) is 0 Å². The first-order chi connectivity index (χ1) is 49.0. The molecule has 550 valence electrons. The van der Waals surface area contributed by atoms with Crippen LogP contribution in [-0.2, 0) is 130 Å². The largest absolute Gasteiger partial charge is 0.463 e. The molecule has 9 rings (SSSR count). The number of carbonyl (C=O) groups is 4. The topological polar surface area (TPSA) is 207 Å². The minimum absolute atomic E-state index is 0.0174. The van der Waals surface area contributed by atoms with E-state index in [2.05, 4.69) is 6.58 Å². The molecule has 102 heavy (non-hydrogen) atoms. The molecule has 6 unspecified atom stereocenters. The third-order valence-corrected chi connectivity index (χ3v) is 17.6. The van der Waals surface area contributed by atoms with Crippen LogP contribution in [0.25, 0.3) is 0 Å². The molecule has 0 radical (unpaired) electrons. The zero-order valence-electron chi connectivity index (χ0n) is 60.7. The van der Waals surface area contributed by atoms with E-state index in [0.717, 1.165) is 46.2 Å². The Hall–Kier alpha value is -7.50. The fraction of sp³-hybridized carbons (Fsp3) is 0.494. The number of allylic oxidation sites excluding steroid dienone is 1. The van der Waals surface area contributed by atoms with E-state index in [-0.39, 0.29) is 59.5 Å². The maximum Gasteiger partial charge on any atom is 0.311 e. The van der Waals surface area contributed by atoms with Crippen molar-refractivity contribution in [3.63, 3.8) is 0 Å². The van der Waals surface area contributed by atoms with Crippen LogP contribution in [0.1, 0.15) is 128 Å². The normalized spacial score (nSPS) is 25.4. The van der Waals surface area contributed by atoms with Crippen LogP contribution in [0.3, 0.4) is 0 Å². The Morgan fingerprint density at radius 2 is 0.618 bits per heavy atom. The lowest BCUT2D eigenvalue weighted by Gasteiger charge is -2.49. The van der Waals surface area contributed by atoms with Crippen molar-refractivity contribution in [1.82, 2.24) is 0 Å². The number of hydrogen-bond acceptors (Lipinski definition) is 19. The molecule has 6 aromatic carbocycles. The van der Waals surface area contributed by atoms with Crippen LogP contribution in [0.4, 0.5) is 0 Å². The maximum absolute atomic E-state index is 14.8. The smallest absolute Gasteiger partial charge is 0.311 e. The molecule has 3 aliphatic rings. The highest BCUT2D eigenvalue weighted by molar-refractivity contribution is 5.76. The van der Waals surface area contributed by atoms with E-state index in [4.69, 9.17) is 71.1 Å². The minimum atomic E-state index is -1.48. The van der Waals surface area contributed by atoms with Gasteiger partial charge in [-0.3, -0.25) is 19.2 Å². The van der Waals surface area contributed by atoms with Crippen LogP contribution in [0, 0.1) is 16.2 Å². The van der Waals surface area contributed by atoms with Gasteiger partial charge in [-0.2, -0.15) is 0 Å². The summed E-state index contributed by atoms with van der Waals surface area (Å²) in [5.74, 6) is -2.20. The molecular formula is C83H104O19. The van der Waals surface area contributed by atoms with Gasteiger partial charge in [-0.1, -0.05) is 194 Å². The number of ether oxygens (including phenoxy) is 15. The standard InChI is InChI=1S/C83H104O19/c1-12-13-14-33-46-63-70(100-78(85)81(3,4)5)71(92-50-60-40-27-18-28-41-60)67(89-47-57-34-21-15-22-35-57)64(97-63)54-95-76-75(102-80(87)83(9,10)11)73(94-52-62-44-31-20-32-45-62)69(91-49-59-38-25-17-26-39-59)66(99-76)55-96-77-74(101-79(86)82(6,7)8)72(93-51-61-42-29-19-30-43-61)68(65(98-77)53-88-56(2)84)90-48-58-36-23-16-24-37-58/h12,15-32,34-45,63-77H,1,13-14,33,46-55H2,2-11H3/t63-,64?,65?,66?,67-,68-,69-,70?,71-,72-,73-,74?,75?,76+,77+/m0/s1. The molecule has 19 nitrogen and oxygen atoms in total. The third-order valence-electron chi connectivity index (χ3n) is 17.6. The summed E-state index contributed by atoms with van der Waals surface area (Å²) in [5, 5.41) is 0. The van der Waals surface area contributed by atoms with E-state index in [0.29, 0.717) is 12.8 Å². The Kier molecular flexibility index (Phi) is 29.5. The zero-order valence-corrected chi connectivity index (χ0v) is 60.7. The molecule has 0 bridgehead atoms. The molecule has 0 aromatic heterocycles. The van der Waals surface area contributed by atoms with Gasteiger partial charge in [0.2, 0.25) is 0 Å². The van der Waals surface area contributed by atoms with Gasteiger partial charge in [0.05, 0.1) is 75.2 Å². The highest BCUT2D eigenvalue weighted by Crippen LogP contribution is 2.39. The van der Waals surface area contributed by atoms with E-state index in [1.54, 1.807) is 62.3 Å². The first kappa shape index (κ1) is 78.6. The molecule has 3 heterocycles. The lowest BCUT2D eigenvalue weighted by Crippen LogP contribution is -2.65. The summed E-state index contributed by atoms with van der Waals surface area (Å²) in [6.45, 7) is 20.6. The zero-order chi connectivity index (χ0) is 72.7. The molecule has 0 saturated carbocycles. The van der Waals surface area contributed by atoms with Gasteiger partial charge < -0.3 is 71.1 Å². The second-order valence-corrected chi connectivity index (χ2v) is 29.3. The van der Waals surface area contributed by atoms with Crippen molar-refractivity contribution in [2.24, 2.45) is 16.2 Å². The molecule has 0 aliphatic carbocycles. The van der Waals surface area contributed by atoms with Gasteiger partial charge in [0.1, 0.15) is 61.5 Å². The molecule has 0 N–H and O–H groups in total. The minimum Gasteiger partial charge on any atom is -0.463 e. The van der Waals surface area contributed by atoms with Gasteiger partial charge in [0.15, 0.2) is 30.9 Å². The fourth-order valence-electron chi connectivity index (χ4n) is 11.9. The Labute approximate surface area is 602 Å². The first-order valence-electron chi connectivity index (χ1n) is 35.5. The molecule has 15 atom stereocenters. The summed E-state index contributed by atoms with van der Waals surface area (Å²) in [6.07, 6.45) is -12.4. The SMILES string of the molecule is C=CCCCC[C@@H]1OC(CO[C@@H]2OC(CO[C@@H]3OC(COC(C)=O)[C@H](OCc4ccccc4)[C@H](OCc4ccccc4)C3OC(=O)C(C)(C)C)[C@H](OCc3ccccc3)[C@H](OCc3ccccc3)C2OC(=O)C(C)(C)C)[C@H](OCc2ccccc2)[C@H](OCc2ccccc2)C1OC(=O)C(C)(C)C. The van der Waals surface area contributed by atoms with Gasteiger partial charge in [-0.15, -0.1) is 6.58 Å². The van der Waals surface area contributed by atoms with Crippen molar-refractivity contribution in [2.75, 3.05) is 19.8 Å². The van der Waals surface area contributed by atoms with Crippen LogP contribution in [0.5, 0.6) is 0 Å². The Balaban J connectivity index is 1.15. The second-order valence-electron chi connectivity index (χ2n) is 29.3. The van der Waals surface area contributed by atoms with Crippen molar-refractivity contribution in [2.45, 2.75) is 226 Å². The number of unbranched alkanes of at least 4 members (excludes halogenated alkanes) is 2. The van der Waals surface area contributed by atoms with Crippen LogP contribution in [0.2, 0.25) is 0 Å². The number of esters is 4. The van der Waals surface area contributed by atoms with E-state index >= 15 is 0 Å². The average Bonchev–Trinajstić information content (AvgIpc) is 0.786. The molecule has 6 aromatic rings. The summed E-state index contributed by atoms with van der Waals surface area (Å²) >= 11 is 0. The van der Waals surface area contributed by atoms with Gasteiger partial charge in [-0.05, 0) is 115 Å².